The molecule has 0 aromatic rings. The number of morpholine rings is 1. The van der Waals surface area contributed by atoms with Crippen molar-refractivity contribution in [2.75, 3.05) is 32.7 Å². The molecule has 0 bridgehead atoms. The van der Waals surface area contributed by atoms with E-state index < -0.39 is 5.97 Å². The molecular formula is C14H24N2O4. The van der Waals surface area contributed by atoms with Crippen LogP contribution in [0, 0.1) is 5.92 Å². The molecule has 1 N–H and O–H groups in total. The zero-order valence-electron chi connectivity index (χ0n) is 12.2. The molecule has 3 unspecified atom stereocenters. The minimum absolute atomic E-state index is 0.0656. The van der Waals surface area contributed by atoms with Crippen LogP contribution in [0.3, 0.4) is 0 Å². The van der Waals surface area contributed by atoms with Gasteiger partial charge < -0.3 is 14.7 Å². The lowest BCUT2D eigenvalue weighted by molar-refractivity contribution is -0.148. The molecule has 2 aliphatic heterocycles. The Morgan fingerprint density at radius 1 is 1.20 bits per heavy atom. The van der Waals surface area contributed by atoms with E-state index in [-0.39, 0.29) is 24.0 Å². The van der Waals surface area contributed by atoms with E-state index in [2.05, 4.69) is 0 Å². The molecular weight excluding hydrogens is 260 g/mol. The van der Waals surface area contributed by atoms with Gasteiger partial charge in [0.05, 0.1) is 24.7 Å². The fourth-order valence-corrected chi connectivity index (χ4v) is 3.07. The van der Waals surface area contributed by atoms with Gasteiger partial charge in [-0.15, -0.1) is 0 Å². The van der Waals surface area contributed by atoms with E-state index in [1.165, 1.54) is 0 Å². The number of rotatable bonds is 3. The van der Waals surface area contributed by atoms with Crippen molar-refractivity contribution < 1.29 is 19.4 Å². The fourth-order valence-electron chi connectivity index (χ4n) is 3.07. The number of likely N-dealkylation sites (tertiary alicyclic amines) is 1. The van der Waals surface area contributed by atoms with E-state index in [4.69, 9.17) is 9.84 Å². The molecule has 20 heavy (non-hydrogen) atoms. The number of carboxylic acid groups (broad SMARTS) is 1. The Balaban J connectivity index is 1.86. The summed E-state index contributed by atoms with van der Waals surface area (Å²) in [5, 5.41) is 9.07. The zero-order chi connectivity index (χ0) is 14.7. The summed E-state index contributed by atoms with van der Waals surface area (Å²) >= 11 is 0. The lowest BCUT2D eigenvalue weighted by Crippen LogP contribution is -2.52. The van der Waals surface area contributed by atoms with E-state index in [9.17, 15) is 9.59 Å². The maximum absolute atomic E-state index is 12.3. The number of ether oxygens (including phenoxy) is 1. The third-order valence-electron chi connectivity index (χ3n) is 3.99. The molecule has 2 rings (SSSR count). The van der Waals surface area contributed by atoms with Crippen LogP contribution in [-0.4, -0.2) is 71.7 Å². The molecule has 0 radical (unpaired) electrons. The van der Waals surface area contributed by atoms with Gasteiger partial charge in [0.2, 0.25) is 5.91 Å². The minimum Gasteiger partial charge on any atom is -0.481 e. The second-order valence-electron chi connectivity index (χ2n) is 5.97. The van der Waals surface area contributed by atoms with Crippen LogP contribution in [0.25, 0.3) is 0 Å². The molecule has 6 heteroatoms. The highest BCUT2D eigenvalue weighted by Crippen LogP contribution is 2.17. The van der Waals surface area contributed by atoms with Gasteiger partial charge >= 0.3 is 5.97 Å². The highest BCUT2D eigenvalue weighted by atomic mass is 16.5. The van der Waals surface area contributed by atoms with Gasteiger partial charge in [0.25, 0.3) is 0 Å². The maximum atomic E-state index is 12.3. The Morgan fingerprint density at radius 2 is 1.85 bits per heavy atom. The molecule has 2 aliphatic rings. The number of carbonyl (C=O) groups excluding carboxylic acids is 1. The van der Waals surface area contributed by atoms with Gasteiger partial charge in [-0.2, -0.15) is 0 Å². The third kappa shape index (κ3) is 3.93. The van der Waals surface area contributed by atoms with Crippen molar-refractivity contribution in [3.63, 3.8) is 0 Å². The first-order chi connectivity index (χ1) is 9.45. The predicted octanol–water partition coefficient (Wildman–Crippen LogP) is 0.419. The molecule has 3 atom stereocenters. The Labute approximate surface area is 119 Å². The van der Waals surface area contributed by atoms with Crippen LogP contribution in [0.5, 0.6) is 0 Å². The van der Waals surface area contributed by atoms with Crippen LogP contribution in [0.1, 0.15) is 26.7 Å². The van der Waals surface area contributed by atoms with Gasteiger partial charge in [-0.25, -0.2) is 0 Å². The SMILES string of the molecule is CC1CN(C(=O)CN2CCCC(C(=O)O)C2)CC(C)O1. The highest BCUT2D eigenvalue weighted by molar-refractivity contribution is 5.78. The van der Waals surface area contributed by atoms with Gasteiger partial charge in [-0.05, 0) is 33.2 Å². The summed E-state index contributed by atoms with van der Waals surface area (Å²) in [4.78, 5) is 27.2. The summed E-state index contributed by atoms with van der Waals surface area (Å²) in [5.74, 6) is -1.01. The Morgan fingerprint density at radius 3 is 2.45 bits per heavy atom. The van der Waals surface area contributed by atoms with Gasteiger partial charge in [-0.1, -0.05) is 0 Å². The van der Waals surface area contributed by atoms with Crippen LogP contribution in [0.4, 0.5) is 0 Å². The largest absolute Gasteiger partial charge is 0.481 e. The first-order valence-electron chi connectivity index (χ1n) is 7.34. The van der Waals surface area contributed by atoms with E-state index >= 15 is 0 Å². The second-order valence-corrected chi connectivity index (χ2v) is 5.97. The molecule has 2 saturated heterocycles. The van der Waals surface area contributed by atoms with Crippen LogP contribution in [-0.2, 0) is 14.3 Å². The average molecular weight is 284 g/mol. The average Bonchev–Trinajstić information content (AvgIpc) is 2.37. The van der Waals surface area contributed by atoms with Crippen molar-refractivity contribution in [3.05, 3.63) is 0 Å². The maximum Gasteiger partial charge on any atom is 0.307 e. The standard InChI is InChI=1S/C14H24N2O4/c1-10-6-16(7-11(2)20-10)13(17)9-15-5-3-4-12(8-15)14(18)19/h10-12H,3-9H2,1-2H3,(H,18,19). The van der Waals surface area contributed by atoms with E-state index in [0.717, 1.165) is 13.0 Å². The summed E-state index contributed by atoms with van der Waals surface area (Å²) in [7, 11) is 0. The van der Waals surface area contributed by atoms with Crippen LogP contribution in [0.15, 0.2) is 0 Å². The number of nitrogens with zero attached hydrogens (tertiary/aromatic N) is 2. The number of hydrogen-bond donors (Lipinski definition) is 1. The van der Waals surface area contributed by atoms with Crippen molar-refractivity contribution >= 4 is 11.9 Å². The number of piperidine rings is 1. The Hall–Kier alpha value is -1.14. The number of amides is 1. The monoisotopic (exact) mass is 284 g/mol. The van der Waals surface area contributed by atoms with Crippen LogP contribution >= 0.6 is 0 Å². The van der Waals surface area contributed by atoms with Crippen molar-refractivity contribution in [1.29, 1.82) is 0 Å². The van der Waals surface area contributed by atoms with Crippen molar-refractivity contribution in [1.82, 2.24) is 9.80 Å². The van der Waals surface area contributed by atoms with Crippen LogP contribution < -0.4 is 0 Å². The first-order valence-corrected chi connectivity index (χ1v) is 7.34. The molecule has 0 spiro atoms. The minimum atomic E-state index is -0.754. The normalized spacial score (nSPS) is 32.1. The molecule has 6 nitrogen and oxygen atoms in total. The van der Waals surface area contributed by atoms with E-state index in [0.29, 0.717) is 32.6 Å². The second kappa shape index (κ2) is 6.54. The number of carbonyl (C=O) groups is 2. The van der Waals surface area contributed by atoms with E-state index in [1.807, 2.05) is 23.6 Å². The van der Waals surface area contributed by atoms with Gasteiger partial charge in [-0.3, -0.25) is 14.5 Å². The summed E-state index contributed by atoms with van der Waals surface area (Å²) in [6.45, 7) is 6.80. The quantitative estimate of drug-likeness (QED) is 0.813. The Bertz CT molecular complexity index is 364. The smallest absolute Gasteiger partial charge is 0.307 e. The molecule has 0 saturated carbocycles. The molecule has 2 heterocycles. The van der Waals surface area contributed by atoms with Gasteiger partial charge in [0.1, 0.15) is 0 Å². The van der Waals surface area contributed by atoms with Crippen molar-refractivity contribution in [3.8, 4) is 0 Å². The van der Waals surface area contributed by atoms with Gasteiger partial charge in [0, 0.05) is 19.6 Å². The van der Waals surface area contributed by atoms with Crippen LogP contribution in [0.2, 0.25) is 0 Å². The lowest BCUT2D eigenvalue weighted by atomic mass is 9.98. The first kappa shape index (κ1) is 15.3. The highest BCUT2D eigenvalue weighted by Gasteiger charge is 2.30. The molecule has 1 amide bonds. The predicted molar refractivity (Wildman–Crippen MR) is 73.4 cm³/mol. The summed E-state index contributed by atoms with van der Waals surface area (Å²) in [6, 6.07) is 0. The Kier molecular flexibility index (Phi) is 4.99. The topological polar surface area (TPSA) is 70.1 Å². The molecule has 2 fully saturated rings. The zero-order valence-corrected chi connectivity index (χ0v) is 12.2. The summed E-state index contributed by atoms with van der Waals surface area (Å²) in [6.07, 6.45) is 1.69. The number of aliphatic carboxylic acids is 1. The number of hydrogen-bond acceptors (Lipinski definition) is 4. The lowest BCUT2D eigenvalue weighted by Gasteiger charge is -2.37. The molecule has 0 aliphatic carbocycles. The van der Waals surface area contributed by atoms with Crippen molar-refractivity contribution in [2.24, 2.45) is 5.92 Å². The third-order valence-corrected chi connectivity index (χ3v) is 3.99. The number of carboxylic acids is 1. The van der Waals surface area contributed by atoms with E-state index in [1.54, 1.807) is 0 Å². The summed E-state index contributed by atoms with van der Waals surface area (Å²) in [5.41, 5.74) is 0. The molecule has 0 aromatic heterocycles. The summed E-state index contributed by atoms with van der Waals surface area (Å²) < 4.78 is 5.62. The molecule has 0 aromatic carbocycles. The fraction of sp³-hybridized carbons (Fsp3) is 0.857. The van der Waals surface area contributed by atoms with Gasteiger partial charge in [0.15, 0.2) is 0 Å². The van der Waals surface area contributed by atoms with Crippen molar-refractivity contribution in [2.45, 2.75) is 38.9 Å². The molecule has 114 valence electrons.